The summed E-state index contributed by atoms with van der Waals surface area (Å²) in [6.45, 7) is 2.12. The summed E-state index contributed by atoms with van der Waals surface area (Å²) < 4.78 is 0. The lowest BCUT2D eigenvalue weighted by Gasteiger charge is -2.29. The summed E-state index contributed by atoms with van der Waals surface area (Å²) in [5.74, 6) is 1.89. The SMILES string of the molecule is CN=C(NCC1CCC1)N1CCc2ccccc21.I. The molecule has 104 valence electrons. The topological polar surface area (TPSA) is 27.6 Å². The summed E-state index contributed by atoms with van der Waals surface area (Å²) in [4.78, 5) is 6.74. The van der Waals surface area contributed by atoms with E-state index in [1.165, 1.54) is 30.5 Å². The zero-order chi connectivity index (χ0) is 12.4. The van der Waals surface area contributed by atoms with Gasteiger partial charge in [0.25, 0.3) is 0 Å². The van der Waals surface area contributed by atoms with Crippen LogP contribution in [0.2, 0.25) is 0 Å². The molecule has 0 bridgehead atoms. The fraction of sp³-hybridized carbons (Fsp3) is 0.533. The third-order valence-electron chi connectivity index (χ3n) is 4.13. The monoisotopic (exact) mass is 371 g/mol. The zero-order valence-corrected chi connectivity index (χ0v) is 13.8. The number of hydrogen-bond acceptors (Lipinski definition) is 1. The Morgan fingerprint density at radius 1 is 1.37 bits per heavy atom. The van der Waals surface area contributed by atoms with Crippen LogP contribution in [0.1, 0.15) is 24.8 Å². The maximum Gasteiger partial charge on any atom is 0.198 e. The van der Waals surface area contributed by atoms with Crippen LogP contribution >= 0.6 is 24.0 Å². The second kappa shape index (κ2) is 6.59. The number of fused-ring (bicyclic) bond motifs is 1. The van der Waals surface area contributed by atoms with E-state index in [2.05, 4.69) is 39.5 Å². The van der Waals surface area contributed by atoms with Crippen molar-refractivity contribution < 1.29 is 0 Å². The molecule has 3 rings (SSSR count). The molecular formula is C15H22IN3. The van der Waals surface area contributed by atoms with E-state index in [-0.39, 0.29) is 24.0 Å². The molecule has 1 aliphatic heterocycles. The number of para-hydroxylation sites is 1. The van der Waals surface area contributed by atoms with Crippen LogP contribution in [0.3, 0.4) is 0 Å². The van der Waals surface area contributed by atoms with Gasteiger partial charge in [-0.15, -0.1) is 24.0 Å². The van der Waals surface area contributed by atoms with Gasteiger partial charge in [-0.25, -0.2) is 0 Å². The standard InChI is InChI=1S/C15H21N3.HI/c1-16-15(17-11-12-5-4-6-12)18-10-9-13-7-2-3-8-14(13)18;/h2-3,7-8,12H,4-6,9-11H2,1H3,(H,16,17);1H. The quantitative estimate of drug-likeness (QED) is 0.492. The van der Waals surface area contributed by atoms with Crippen LogP contribution in [-0.4, -0.2) is 26.1 Å². The van der Waals surface area contributed by atoms with Crippen molar-refractivity contribution in [3.8, 4) is 0 Å². The number of nitrogens with zero attached hydrogens (tertiary/aromatic N) is 2. The molecular weight excluding hydrogens is 349 g/mol. The molecule has 0 amide bonds. The van der Waals surface area contributed by atoms with Crippen LogP contribution in [0.5, 0.6) is 0 Å². The molecule has 1 aliphatic carbocycles. The Morgan fingerprint density at radius 3 is 2.84 bits per heavy atom. The molecule has 0 saturated heterocycles. The molecule has 1 saturated carbocycles. The van der Waals surface area contributed by atoms with Crippen LogP contribution in [0.15, 0.2) is 29.3 Å². The molecule has 4 heteroatoms. The highest BCUT2D eigenvalue weighted by Gasteiger charge is 2.24. The number of halogens is 1. The number of nitrogens with one attached hydrogen (secondary N) is 1. The second-order valence-corrected chi connectivity index (χ2v) is 5.26. The predicted octanol–water partition coefficient (Wildman–Crippen LogP) is 3.04. The van der Waals surface area contributed by atoms with Gasteiger partial charge in [-0.3, -0.25) is 4.99 Å². The Hall–Kier alpha value is -0.780. The molecule has 19 heavy (non-hydrogen) atoms. The highest BCUT2D eigenvalue weighted by Crippen LogP contribution is 2.28. The summed E-state index contributed by atoms with van der Waals surface area (Å²) in [7, 11) is 1.88. The van der Waals surface area contributed by atoms with Crippen molar-refractivity contribution in [1.29, 1.82) is 0 Å². The van der Waals surface area contributed by atoms with Gasteiger partial charge in [-0.05, 0) is 36.8 Å². The predicted molar refractivity (Wildman–Crippen MR) is 91.6 cm³/mol. The van der Waals surface area contributed by atoms with Crippen molar-refractivity contribution >= 4 is 35.6 Å². The lowest BCUT2D eigenvalue weighted by molar-refractivity contribution is 0.315. The Bertz CT molecular complexity index is 454. The molecule has 1 aromatic rings. The zero-order valence-electron chi connectivity index (χ0n) is 11.4. The molecule has 1 aromatic carbocycles. The van der Waals surface area contributed by atoms with Gasteiger partial charge in [0.05, 0.1) is 0 Å². The lowest BCUT2D eigenvalue weighted by Crippen LogP contribution is -2.43. The van der Waals surface area contributed by atoms with Crippen molar-refractivity contribution in [2.45, 2.75) is 25.7 Å². The first-order chi connectivity index (χ1) is 8.88. The van der Waals surface area contributed by atoms with E-state index < -0.39 is 0 Å². The Morgan fingerprint density at radius 2 is 2.16 bits per heavy atom. The molecule has 1 N–H and O–H groups in total. The number of guanidine groups is 1. The van der Waals surface area contributed by atoms with Crippen LogP contribution in [0, 0.1) is 5.92 Å². The fourth-order valence-electron chi connectivity index (χ4n) is 2.79. The lowest BCUT2D eigenvalue weighted by atomic mass is 9.85. The molecule has 0 radical (unpaired) electrons. The van der Waals surface area contributed by atoms with Crippen LogP contribution < -0.4 is 10.2 Å². The molecule has 0 unspecified atom stereocenters. The van der Waals surface area contributed by atoms with E-state index in [9.17, 15) is 0 Å². The number of benzene rings is 1. The third kappa shape index (κ3) is 3.04. The first kappa shape index (κ1) is 14.6. The van der Waals surface area contributed by atoms with Crippen molar-refractivity contribution in [3.63, 3.8) is 0 Å². The molecule has 1 fully saturated rings. The van der Waals surface area contributed by atoms with Crippen molar-refractivity contribution in [3.05, 3.63) is 29.8 Å². The van der Waals surface area contributed by atoms with E-state index in [0.717, 1.165) is 31.4 Å². The molecule has 2 aliphatic rings. The molecule has 0 atom stereocenters. The minimum atomic E-state index is 0. The maximum atomic E-state index is 4.43. The Labute approximate surface area is 132 Å². The van der Waals surface area contributed by atoms with E-state index >= 15 is 0 Å². The van der Waals surface area contributed by atoms with Crippen LogP contribution in [0.4, 0.5) is 5.69 Å². The van der Waals surface area contributed by atoms with Gasteiger partial charge < -0.3 is 10.2 Å². The second-order valence-electron chi connectivity index (χ2n) is 5.26. The largest absolute Gasteiger partial charge is 0.356 e. The summed E-state index contributed by atoms with van der Waals surface area (Å²) in [6, 6.07) is 8.64. The number of aliphatic imine (C=N–C) groups is 1. The molecule has 0 aromatic heterocycles. The van der Waals surface area contributed by atoms with Crippen LogP contribution in [-0.2, 0) is 6.42 Å². The van der Waals surface area contributed by atoms with Crippen molar-refractivity contribution in [1.82, 2.24) is 5.32 Å². The molecule has 0 spiro atoms. The van der Waals surface area contributed by atoms with E-state index in [1.54, 1.807) is 0 Å². The summed E-state index contributed by atoms with van der Waals surface area (Å²) in [6.07, 6.45) is 5.28. The Balaban J connectivity index is 0.00000133. The van der Waals surface area contributed by atoms with Gasteiger partial charge in [0, 0.05) is 25.8 Å². The van der Waals surface area contributed by atoms with Crippen molar-refractivity contribution in [2.75, 3.05) is 25.0 Å². The molecule has 3 nitrogen and oxygen atoms in total. The first-order valence-electron chi connectivity index (χ1n) is 6.94. The average molecular weight is 371 g/mol. The van der Waals surface area contributed by atoms with Crippen LogP contribution in [0.25, 0.3) is 0 Å². The number of rotatable bonds is 2. The Kier molecular flexibility index (Phi) is 5.07. The minimum absolute atomic E-state index is 0. The third-order valence-corrected chi connectivity index (χ3v) is 4.13. The van der Waals surface area contributed by atoms with E-state index in [0.29, 0.717) is 0 Å². The van der Waals surface area contributed by atoms with Gasteiger partial charge >= 0.3 is 0 Å². The normalized spacial score (nSPS) is 18.6. The van der Waals surface area contributed by atoms with Gasteiger partial charge in [0.2, 0.25) is 0 Å². The summed E-state index contributed by atoms with van der Waals surface area (Å²) >= 11 is 0. The molecule has 1 heterocycles. The first-order valence-corrected chi connectivity index (χ1v) is 6.94. The van der Waals surface area contributed by atoms with Crippen molar-refractivity contribution in [2.24, 2.45) is 10.9 Å². The maximum absolute atomic E-state index is 4.43. The smallest absolute Gasteiger partial charge is 0.198 e. The highest BCUT2D eigenvalue weighted by atomic mass is 127. The van der Waals surface area contributed by atoms with Gasteiger partial charge in [-0.1, -0.05) is 24.6 Å². The number of hydrogen-bond donors (Lipinski definition) is 1. The number of anilines is 1. The fourth-order valence-corrected chi connectivity index (χ4v) is 2.79. The average Bonchev–Trinajstić information content (AvgIpc) is 2.76. The van der Waals surface area contributed by atoms with E-state index in [4.69, 9.17) is 0 Å². The minimum Gasteiger partial charge on any atom is -0.356 e. The van der Waals surface area contributed by atoms with Gasteiger partial charge in [-0.2, -0.15) is 0 Å². The summed E-state index contributed by atoms with van der Waals surface area (Å²) in [5.41, 5.74) is 2.75. The van der Waals surface area contributed by atoms with Gasteiger partial charge in [0.1, 0.15) is 0 Å². The summed E-state index contributed by atoms with van der Waals surface area (Å²) in [5, 5.41) is 3.53. The van der Waals surface area contributed by atoms with E-state index in [1.807, 2.05) is 7.05 Å². The van der Waals surface area contributed by atoms with Gasteiger partial charge in [0.15, 0.2) is 5.96 Å². The highest BCUT2D eigenvalue weighted by molar-refractivity contribution is 14.0.